The zero-order valence-corrected chi connectivity index (χ0v) is 14.9. The van der Waals surface area contributed by atoms with Crippen LogP contribution in [0.1, 0.15) is 35.9 Å². The van der Waals surface area contributed by atoms with Gasteiger partial charge in [-0.25, -0.2) is 9.50 Å². The maximum absolute atomic E-state index is 12.5. The van der Waals surface area contributed by atoms with E-state index in [1.807, 2.05) is 34.2 Å². The fraction of sp³-hybridized carbons (Fsp3) is 0.389. The first-order valence-corrected chi connectivity index (χ1v) is 9.46. The first-order chi connectivity index (χ1) is 12.2. The molecule has 1 aliphatic rings. The van der Waals surface area contributed by atoms with Gasteiger partial charge in [0.1, 0.15) is 11.4 Å². The Bertz CT molecular complexity index is 882. The molecule has 25 heavy (non-hydrogen) atoms. The minimum absolute atomic E-state index is 0.124. The lowest BCUT2D eigenvalue weighted by Crippen LogP contribution is -2.32. The van der Waals surface area contributed by atoms with Crippen molar-refractivity contribution in [2.24, 2.45) is 0 Å². The number of hydrogen-bond donors (Lipinski definition) is 1. The Morgan fingerprint density at radius 3 is 3.12 bits per heavy atom. The molecule has 0 unspecified atom stereocenters. The predicted molar refractivity (Wildman–Crippen MR) is 97.0 cm³/mol. The number of ether oxygens (including phenoxy) is 1. The summed E-state index contributed by atoms with van der Waals surface area (Å²) in [6.45, 7) is 3.37. The van der Waals surface area contributed by atoms with Gasteiger partial charge in [0.25, 0.3) is 5.91 Å². The third kappa shape index (κ3) is 3.29. The Labute approximate surface area is 149 Å². The zero-order valence-electron chi connectivity index (χ0n) is 14.1. The van der Waals surface area contributed by atoms with Crippen molar-refractivity contribution in [2.75, 3.05) is 13.2 Å². The first-order valence-electron chi connectivity index (χ1n) is 8.58. The monoisotopic (exact) mass is 356 g/mol. The van der Waals surface area contributed by atoms with Gasteiger partial charge < -0.3 is 10.1 Å². The second-order valence-corrected chi connectivity index (χ2v) is 7.06. The van der Waals surface area contributed by atoms with Gasteiger partial charge in [-0.3, -0.25) is 4.79 Å². The Morgan fingerprint density at radius 2 is 2.40 bits per heavy atom. The lowest BCUT2D eigenvalue weighted by atomic mass is 10.2. The number of carbonyl (C=O) groups excluding carboxylic acids is 1. The molecule has 6 nitrogen and oxygen atoms in total. The van der Waals surface area contributed by atoms with Gasteiger partial charge in [0.05, 0.1) is 11.0 Å². The maximum Gasteiger partial charge on any atom is 0.270 e. The summed E-state index contributed by atoms with van der Waals surface area (Å²) in [5.74, 6) is -0.161. The van der Waals surface area contributed by atoms with Crippen LogP contribution in [0.5, 0.6) is 0 Å². The Hall–Kier alpha value is -2.25. The number of aromatic nitrogens is 3. The molecule has 0 aromatic carbocycles. The van der Waals surface area contributed by atoms with E-state index in [2.05, 4.69) is 22.3 Å². The van der Waals surface area contributed by atoms with Gasteiger partial charge >= 0.3 is 0 Å². The molecule has 130 valence electrons. The summed E-state index contributed by atoms with van der Waals surface area (Å²) >= 11 is 1.64. The van der Waals surface area contributed by atoms with Crippen molar-refractivity contribution < 1.29 is 9.53 Å². The van der Waals surface area contributed by atoms with Crippen molar-refractivity contribution in [1.29, 1.82) is 0 Å². The highest BCUT2D eigenvalue weighted by Gasteiger charge is 2.18. The average molecular weight is 356 g/mol. The fourth-order valence-corrected chi connectivity index (χ4v) is 3.73. The quantitative estimate of drug-likeness (QED) is 0.763. The summed E-state index contributed by atoms with van der Waals surface area (Å²) in [5, 5.41) is 9.61. The normalized spacial score (nSPS) is 17.2. The van der Waals surface area contributed by atoms with Crippen LogP contribution in [0.25, 0.3) is 16.2 Å². The van der Waals surface area contributed by atoms with Crippen molar-refractivity contribution in [2.45, 2.75) is 32.3 Å². The smallest absolute Gasteiger partial charge is 0.270 e. The number of nitrogens with zero attached hydrogens (tertiary/aromatic N) is 3. The largest absolute Gasteiger partial charge is 0.376 e. The van der Waals surface area contributed by atoms with Crippen LogP contribution in [0.2, 0.25) is 0 Å². The molecule has 3 aromatic heterocycles. The van der Waals surface area contributed by atoms with Crippen LogP contribution in [-0.4, -0.2) is 39.8 Å². The molecule has 3 aromatic rings. The Balaban J connectivity index is 1.61. The molecule has 1 fully saturated rings. The van der Waals surface area contributed by atoms with Gasteiger partial charge in [-0.1, -0.05) is 13.0 Å². The third-order valence-electron chi connectivity index (χ3n) is 4.38. The van der Waals surface area contributed by atoms with Gasteiger partial charge in [0.2, 0.25) is 0 Å². The molecule has 4 heterocycles. The molecule has 1 aliphatic heterocycles. The summed E-state index contributed by atoms with van der Waals surface area (Å²) < 4.78 is 7.38. The van der Waals surface area contributed by atoms with E-state index in [4.69, 9.17) is 4.74 Å². The van der Waals surface area contributed by atoms with Crippen LogP contribution in [0.15, 0.2) is 29.6 Å². The second-order valence-electron chi connectivity index (χ2n) is 6.11. The number of amides is 1. The van der Waals surface area contributed by atoms with E-state index >= 15 is 0 Å². The van der Waals surface area contributed by atoms with Crippen LogP contribution in [0, 0.1) is 0 Å². The highest BCUT2D eigenvalue weighted by Crippen LogP contribution is 2.24. The molecule has 0 spiro atoms. The first kappa shape index (κ1) is 16.2. The van der Waals surface area contributed by atoms with Crippen LogP contribution >= 0.6 is 11.3 Å². The summed E-state index contributed by atoms with van der Waals surface area (Å²) in [6.07, 6.45) is 2.96. The summed E-state index contributed by atoms with van der Waals surface area (Å²) in [7, 11) is 0. The SMILES string of the molecule is CCc1cc(C(=O)NC[C@H]2CCCO2)nc2cc(-c3cccs3)nn12. The Morgan fingerprint density at radius 1 is 1.48 bits per heavy atom. The number of hydrogen-bond acceptors (Lipinski definition) is 5. The van der Waals surface area contributed by atoms with Gasteiger partial charge in [0.15, 0.2) is 5.65 Å². The van der Waals surface area contributed by atoms with Gasteiger partial charge in [0, 0.05) is 24.9 Å². The molecule has 0 radical (unpaired) electrons. The average Bonchev–Trinajstić information content (AvgIpc) is 3.39. The van der Waals surface area contributed by atoms with Crippen molar-refractivity contribution in [1.82, 2.24) is 19.9 Å². The second kappa shape index (κ2) is 6.93. The molecular formula is C18H20N4O2S. The van der Waals surface area contributed by atoms with E-state index in [-0.39, 0.29) is 12.0 Å². The summed E-state index contributed by atoms with van der Waals surface area (Å²) in [4.78, 5) is 18.1. The Kier molecular flexibility index (Phi) is 4.50. The van der Waals surface area contributed by atoms with Crippen molar-refractivity contribution in [3.8, 4) is 10.6 Å². The lowest BCUT2D eigenvalue weighted by Gasteiger charge is -2.11. The molecule has 1 amide bonds. The lowest BCUT2D eigenvalue weighted by molar-refractivity contribution is 0.0853. The highest BCUT2D eigenvalue weighted by molar-refractivity contribution is 7.13. The summed E-state index contributed by atoms with van der Waals surface area (Å²) in [6, 6.07) is 7.79. The fourth-order valence-electron chi connectivity index (χ4n) is 3.05. The molecule has 7 heteroatoms. The molecule has 0 saturated carbocycles. The molecule has 1 atom stereocenters. The number of aryl methyl sites for hydroxylation is 1. The maximum atomic E-state index is 12.5. The molecule has 4 rings (SSSR count). The molecular weight excluding hydrogens is 336 g/mol. The minimum Gasteiger partial charge on any atom is -0.376 e. The zero-order chi connectivity index (χ0) is 17.2. The topological polar surface area (TPSA) is 68.5 Å². The number of nitrogens with one attached hydrogen (secondary N) is 1. The van der Waals surface area contributed by atoms with Crippen LogP contribution in [0.3, 0.4) is 0 Å². The van der Waals surface area contributed by atoms with E-state index in [0.717, 1.165) is 42.1 Å². The van der Waals surface area contributed by atoms with Crippen LogP contribution < -0.4 is 5.32 Å². The van der Waals surface area contributed by atoms with Crippen molar-refractivity contribution in [3.63, 3.8) is 0 Å². The molecule has 1 N–H and O–H groups in total. The number of fused-ring (bicyclic) bond motifs is 1. The third-order valence-corrected chi connectivity index (χ3v) is 5.28. The predicted octanol–water partition coefficient (Wildman–Crippen LogP) is 2.93. The van der Waals surface area contributed by atoms with Gasteiger partial charge in [-0.05, 0) is 36.8 Å². The number of carbonyl (C=O) groups is 1. The van der Waals surface area contributed by atoms with E-state index in [1.165, 1.54) is 0 Å². The number of thiophene rings is 1. The van der Waals surface area contributed by atoms with E-state index in [9.17, 15) is 4.79 Å². The number of rotatable bonds is 5. The molecule has 0 aliphatic carbocycles. The highest BCUT2D eigenvalue weighted by atomic mass is 32.1. The van der Waals surface area contributed by atoms with Gasteiger partial charge in [-0.2, -0.15) is 5.10 Å². The molecule has 0 bridgehead atoms. The van der Waals surface area contributed by atoms with Crippen molar-refractivity contribution in [3.05, 3.63) is 41.0 Å². The van der Waals surface area contributed by atoms with Crippen molar-refractivity contribution >= 4 is 22.9 Å². The standard InChI is InChI=1S/C18H20N4O2S/c1-2-12-9-15(18(23)19-11-13-5-3-7-24-13)20-17-10-14(21-22(12)17)16-6-4-8-25-16/h4,6,8-10,13H,2-3,5,7,11H2,1H3,(H,19,23)/t13-/m1/s1. The van der Waals surface area contributed by atoms with Gasteiger partial charge in [-0.15, -0.1) is 11.3 Å². The van der Waals surface area contributed by atoms with E-state index < -0.39 is 0 Å². The minimum atomic E-state index is -0.161. The molecule has 1 saturated heterocycles. The summed E-state index contributed by atoms with van der Waals surface area (Å²) in [5.41, 5.74) is 2.98. The van der Waals surface area contributed by atoms with Crippen LogP contribution in [0.4, 0.5) is 0 Å². The van der Waals surface area contributed by atoms with Crippen LogP contribution in [-0.2, 0) is 11.2 Å². The van der Waals surface area contributed by atoms with E-state index in [1.54, 1.807) is 11.3 Å². The van der Waals surface area contributed by atoms with E-state index in [0.29, 0.717) is 17.9 Å².